The van der Waals surface area contributed by atoms with E-state index in [1.807, 2.05) is 0 Å². The molecule has 2 unspecified atom stereocenters. The summed E-state index contributed by atoms with van der Waals surface area (Å²) < 4.78 is 0. The minimum atomic E-state index is -0.457. The molecule has 3 rings (SSSR count). The van der Waals surface area contributed by atoms with E-state index in [-0.39, 0.29) is 0 Å². The number of fused-ring (bicyclic) bond motifs is 1. The Balaban J connectivity index is 1.90. The van der Waals surface area contributed by atoms with Gasteiger partial charge in [0.05, 0.1) is 17.4 Å². The maximum Gasteiger partial charge on any atom is 0.252 e. The summed E-state index contributed by atoms with van der Waals surface area (Å²) in [6, 6.07) is 1.62. The van der Waals surface area contributed by atoms with Crippen LogP contribution in [0.15, 0.2) is 12.3 Å². The third-order valence-corrected chi connectivity index (χ3v) is 4.18. The number of carbonyl (C=O) groups is 1. The van der Waals surface area contributed by atoms with Crippen LogP contribution in [0.2, 0.25) is 0 Å². The van der Waals surface area contributed by atoms with Gasteiger partial charge in [0.25, 0.3) is 5.91 Å². The van der Waals surface area contributed by atoms with E-state index in [1.54, 1.807) is 12.3 Å². The number of pyridine rings is 1. The van der Waals surface area contributed by atoms with E-state index in [0.717, 1.165) is 24.9 Å². The normalized spacial score (nSPS) is 26.3. The third kappa shape index (κ3) is 1.79. The lowest BCUT2D eigenvalue weighted by Gasteiger charge is -2.20. The zero-order chi connectivity index (χ0) is 12.7. The van der Waals surface area contributed by atoms with E-state index in [9.17, 15) is 4.79 Å². The molecular weight excluding hydrogens is 228 g/mol. The summed E-state index contributed by atoms with van der Waals surface area (Å²) in [5.74, 6) is 1.75. The molecule has 2 atom stereocenters. The summed E-state index contributed by atoms with van der Waals surface area (Å²) in [5, 5.41) is 0. The van der Waals surface area contributed by atoms with Crippen molar-refractivity contribution in [2.75, 3.05) is 23.7 Å². The molecule has 1 aromatic rings. The Kier molecular flexibility index (Phi) is 2.61. The lowest BCUT2D eigenvalue weighted by molar-refractivity contribution is 0.100. The van der Waals surface area contributed by atoms with Gasteiger partial charge in [0.1, 0.15) is 5.82 Å². The van der Waals surface area contributed by atoms with E-state index < -0.39 is 5.91 Å². The molecule has 2 heterocycles. The standard InChI is InChI=1S/C13H18N4O/c14-10-4-11(12(15)18)13(16-5-10)17-6-8-2-1-3-9(8)7-17/h4-5,8-9H,1-3,6-7,14H2,(H2,15,18). The van der Waals surface area contributed by atoms with Crippen molar-refractivity contribution in [2.24, 2.45) is 17.6 Å². The van der Waals surface area contributed by atoms with Crippen LogP contribution in [-0.4, -0.2) is 24.0 Å². The molecule has 1 saturated heterocycles. The Morgan fingerprint density at radius 3 is 2.61 bits per heavy atom. The fourth-order valence-electron chi connectivity index (χ4n) is 3.31. The number of aromatic nitrogens is 1. The average molecular weight is 246 g/mol. The van der Waals surface area contributed by atoms with Crippen molar-refractivity contribution >= 4 is 17.4 Å². The van der Waals surface area contributed by atoms with Crippen molar-refractivity contribution < 1.29 is 4.79 Å². The SMILES string of the molecule is NC(=O)c1cc(N)cnc1N1CC2CCCC2C1. The molecule has 1 amide bonds. The summed E-state index contributed by atoms with van der Waals surface area (Å²) in [4.78, 5) is 18.0. The van der Waals surface area contributed by atoms with Crippen LogP contribution in [0.3, 0.4) is 0 Å². The molecule has 96 valence electrons. The molecule has 2 aliphatic rings. The summed E-state index contributed by atoms with van der Waals surface area (Å²) >= 11 is 0. The number of hydrogen-bond acceptors (Lipinski definition) is 4. The molecule has 0 spiro atoms. The van der Waals surface area contributed by atoms with Crippen molar-refractivity contribution in [1.82, 2.24) is 4.98 Å². The first-order valence-electron chi connectivity index (χ1n) is 6.45. The number of hydrogen-bond donors (Lipinski definition) is 2. The van der Waals surface area contributed by atoms with Crippen molar-refractivity contribution in [2.45, 2.75) is 19.3 Å². The number of amides is 1. The van der Waals surface area contributed by atoms with Crippen LogP contribution in [0.1, 0.15) is 29.6 Å². The number of anilines is 2. The highest BCUT2D eigenvalue weighted by atomic mass is 16.1. The van der Waals surface area contributed by atoms with Gasteiger partial charge in [-0.05, 0) is 30.7 Å². The van der Waals surface area contributed by atoms with Crippen LogP contribution < -0.4 is 16.4 Å². The van der Waals surface area contributed by atoms with Crippen molar-refractivity contribution in [3.8, 4) is 0 Å². The maximum atomic E-state index is 11.5. The Labute approximate surface area is 106 Å². The fourth-order valence-corrected chi connectivity index (χ4v) is 3.31. The van der Waals surface area contributed by atoms with Gasteiger partial charge in [-0.3, -0.25) is 4.79 Å². The van der Waals surface area contributed by atoms with Gasteiger partial charge in [0, 0.05) is 13.1 Å². The van der Waals surface area contributed by atoms with Gasteiger partial charge in [-0.25, -0.2) is 4.98 Å². The summed E-state index contributed by atoms with van der Waals surface area (Å²) in [7, 11) is 0. The first kappa shape index (κ1) is 11.3. The molecule has 0 bridgehead atoms. The second-order valence-electron chi connectivity index (χ2n) is 5.36. The molecule has 5 nitrogen and oxygen atoms in total. The Hall–Kier alpha value is -1.78. The lowest BCUT2D eigenvalue weighted by atomic mass is 10.0. The van der Waals surface area contributed by atoms with Gasteiger partial charge in [0.2, 0.25) is 0 Å². The molecule has 4 N–H and O–H groups in total. The molecule has 0 aromatic carbocycles. The predicted octanol–water partition coefficient (Wildman–Crippen LogP) is 0.999. The number of nitrogens with two attached hydrogens (primary N) is 2. The van der Waals surface area contributed by atoms with Crippen LogP contribution in [0, 0.1) is 11.8 Å². The molecule has 18 heavy (non-hydrogen) atoms. The molecule has 0 radical (unpaired) electrons. The zero-order valence-corrected chi connectivity index (χ0v) is 10.3. The smallest absolute Gasteiger partial charge is 0.252 e. The van der Waals surface area contributed by atoms with Crippen molar-refractivity contribution in [1.29, 1.82) is 0 Å². The summed E-state index contributed by atoms with van der Waals surface area (Å²) in [6.07, 6.45) is 5.51. The van der Waals surface area contributed by atoms with E-state index in [4.69, 9.17) is 11.5 Å². The number of primary amides is 1. The zero-order valence-electron chi connectivity index (χ0n) is 10.3. The molecule has 1 aromatic heterocycles. The van der Waals surface area contributed by atoms with E-state index in [1.165, 1.54) is 19.3 Å². The molecule has 1 aliphatic carbocycles. The van der Waals surface area contributed by atoms with Gasteiger partial charge in [0.15, 0.2) is 0 Å². The molecule has 5 heteroatoms. The number of nitrogens with zero attached hydrogens (tertiary/aromatic N) is 2. The fraction of sp³-hybridized carbons (Fsp3) is 0.538. The summed E-state index contributed by atoms with van der Waals surface area (Å²) in [5.41, 5.74) is 12.0. The van der Waals surface area contributed by atoms with Gasteiger partial charge >= 0.3 is 0 Å². The Morgan fingerprint density at radius 2 is 2.00 bits per heavy atom. The van der Waals surface area contributed by atoms with Crippen LogP contribution in [0.25, 0.3) is 0 Å². The monoisotopic (exact) mass is 246 g/mol. The van der Waals surface area contributed by atoms with Gasteiger partial charge < -0.3 is 16.4 Å². The highest BCUT2D eigenvalue weighted by Gasteiger charge is 2.37. The van der Waals surface area contributed by atoms with Crippen LogP contribution in [0.4, 0.5) is 11.5 Å². The van der Waals surface area contributed by atoms with Gasteiger partial charge in [-0.2, -0.15) is 0 Å². The maximum absolute atomic E-state index is 11.5. The van der Waals surface area contributed by atoms with Crippen LogP contribution >= 0.6 is 0 Å². The van der Waals surface area contributed by atoms with Gasteiger partial charge in [-0.15, -0.1) is 0 Å². The largest absolute Gasteiger partial charge is 0.397 e. The number of nitrogen functional groups attached to an aromatic ring is 1. The first-order chi connectivity index (χ1) is 8.65. The van der Waals surface area contributed by atoms with E-state index in [0.29, 0.717) is 17.1 Å². The minimum absolute atomic E-state index is 0.440. The van der Waals surface area contributed by atoms with E-state index in [2.05, 4.69) is 9.88 Å². The first-order valence-corrected chi connectivity index (χ1v) is 6.45. The lowest BCUT2D eigenvalue weighted by Crippen LogP contribution is -2.26. The number of rotatable bonds is 2. The second kappa shape index (κ2) is 4.15. The van der Waals surface area contributed by atoms with Crippen molar-refractivity contribution in [3.05, 3.63) is 17.8 Å². The highest BCUT2D eigenvalue weighted by Crippen LogP contribution is 2.39. The molecule has 1 saturated carbocycles. The predicted molar refractivity (Wildman–Crippen MR) is 70.2 cm³/mol. The Morgan fingerprint density at radius 1 is 1.33 bits per heavy atom. The quantitative estimate of drug-likeness (QED) is 0.815. The highest BCUT2D eigenvalue weighted by molar-refractivity contribution is 5.98. The van der Waals surface area contributed by atoms with Crippen LogP contribution in [0.5, 0.6) is 0 Å². The molecule has 1 aliphatic heterocycles. The van der Waals surface area contributed by atoms with Crippen molar-refractivity contribution in [3.63, 3.8) is 0 Å². The average Bonchev–Trinajstić information content (AvgIpc) is 2.88. The number of carbonyl (C=O) groups excluding carboxylic acids is 1. The van der Waals surface area contributed by atoms with E-state index >= 15 is 0 Å². The van der Waals surface area contributed by atoms with Crippen LogP contribution in [-0.2, 0) is 0 Å². The second-order valence-corrected chi connectivity index (χ2v) is 5.36. The third-order valence-electron chi connectivity index (χ3n) is 4.18. The minimum Gasteiger partial charge on any atom is -0.397 e. The molecular formula is C13H18N4O. The Bertz CT molecular complexity index is 476. The summed E-state index contributed by atoms with van der Waals surface area (Å²) in [6.45, 7) is 1.98. The van der Waals surface area contributed by atoms with Gasteiger partial charge in [-0.1, -0.05) is 6.42 Å². The molecule has 2 fully saturated rings. The topological polar surface area (TPSA) is 85.2 Å².